The van der Waals surface area contributed by atoms with E-state index in [2.05, 4.69) is 19.0 Å². The Balaban J connectivity index is 2.12. The van der Waals surface area contributed by atoms with Gasteiger partial charge < -0.3 is 15.2 Å². The Bertz CT molecular complexity index is 619. The molecule has 0 saturated heterocycles. The lowest BCUT2D eigenvalue weighted by Gasteiger charge is -2.31. The van der Waals surface area contributed by atoms with Gasteiger partial charge in [0.2, 0.25) is 5.91 Å². The van der Waals surface area contributed by atoms with Crippen LogP contribution in [0.15, 0.2) is 28.8 Å². The Morgan fingerprint density at radius 3 is 2.76 bits per heavy atom. The third-order valence-corrected chi connectivity index (χ3v) is 3.68. The molecule has 1 heterocycles. The second kappa shape index (κ2) is 6.26. The lowest BCUT2D eigenvalue weighted by atomic mass is 9.93. The van der Waals surface area contributed by atoms with Gasteiger partial charge in [-0.15, -0.1) is 0 Å². The number of nitrogens with two attached hydrogens (primary N) is 1. The summed E-state index contributed by atoms with van der Waals surface area (Å²) in [7, 11) is 0. The molecule has 1 amide bonds. The molecule has 0 bridgehead atoms. The molecule has 2 rings (SSSR count). The molecule has 0 spiro atoms. The normalized spacial score (nSPS) is 11.8. The van der Waals surface area contributed by atoms with Gasteiger partial charge in [-0.2, -0.15) is 0 Å². The number of fused-ring (bicyclic) bond motifs is 1. The molecule has 1 aromatic carbocycles. The van der Waals surface area contributed by atoms with Crippen LogP contribution in [-0.4, -0.2) is 35.6 Å². The van der Waals surface area contributed by atoms with Crippen molar-refractivity contribution in [2.24, 2.45) is 11.1 Å². The molecular weight excluding hydrogens is 266 g/mol. The van der Waals surface area contributed by atoms with Gasteiger partial charge in [-0.05, 0) is 31.0 Å². The average Bonchev–Trinajstić information content (AvgIpc) is 2.88. The lowest BCUT2D eigenvalue weighted by Crippen LogP contribution is -2.42. The van der Waals surface area contributed by atoms with E-state index in [0.29, 0.717) is 30.9 Å². The second-order valence-corrected chi connectivity index (χ2v) is 6.08. The Labute approximate surface area is 125 Å². The molecule has 21 heavy (non-hydrogen) atoms. The van der Waals surface area contributed by atoms with Gasteiger partial charge in [0, 0.05) is 18.5 Å². The number of nitrogens with zero attached hydrogens (tertiary/aromatic N) is 2. The van der Waals surface area contributed by atoms with Crippen LogP contribution in [0.25, 0.3) is 11.0 Å². The Morgan fingerprint density at radius 2 is 2.10 bits per heavy atom. The molecule has 5 heteroatoms. The van der Waals surface area contributed by atoms with Crippen LogP contribution in [0, 0.1) is 5.41 Å². The van der Waals surface area contributed by atoms with Gasteiger partial charge in [-0.25, -0.2) is 0 Å². The zero-order valence-electron chi connectivity index (χ0n) is 12.9. The van der Waals surface area contributed by atoms with Crippen molar-refractivity contribution in [2.75, 3.05) is 19.6 Å². The number of hydrogen-bond donors (Lipinski definition) is 1. The lowest BCUT2D eigenvalue weighted by molar-refractivity contribution is -0.131. The number of benzene rings is 1. The molecule has 2 N–H and O–H groups in total. The minimum atomic E-state index is -0.0858. The van der Waals surface area contributed by atoms with E-state index in [0.717, 1.165) is 5.39 Å². The third-order valence-electron chi connectivity index (χ3n) is 3.68. The zero-order valence-corrected chi connectivity index (χ0v) is 12.9. The van der Waals surface area contributed by atoms with E-state index >= 15 is 0 Å². The molecule has 0 fully saturated rings. The monoisotopic (exact) mass is 289 g/mol. The first kappa shape index (κ1) is 15.5. The molecule has 0 aliphatic heterocycles. The van der Waals surface area contributed by atoms with Gasteiger partial charge in [-0.3, -0.25) is 4.79 Å². The summed E-state index contributed by atoms with van der Waals surface area (Å²) in [5.74, 6) is 0.0538. The molecule has 5 nitrogen and oxygen atoms in total. The second-order valence-electron chi connectivity index (χ2n) is 6.08. The van der Waals surface area contributed by atoms with Crippen molar-refractivity contribution in [3.8, 4) is 0 Å². The van der Waals surface area contributed by atoms with Gasteiger partial charge >= 0.3 is 0 Å². The van der Waals surface area contributed by atoms with Crippen molar-refractivity contribution in [3.05, 3.63) is 30.0 Å². The summed E-state index contributed by atoms with van der Waals surface area (Å²) in [4.78, 5) is 14.3. The van der Waals surface area contributed by atoms with Crippen molar-refractivity contribution in [1.82, 2.24) is 10.1 Å². The predicted octanol–water partition coefficient (Wildman–Crippen LogP) is 2.20. The van der Waals surface area contributed by atoms with Crippen molar-refractivity contribution in [3.63, 3.8) is 0 Å². The fourth-order valence-corrected chi connectivity index (χ4v) is 2.28. The summed E-state index contributed by atoms with van der Waals surface area (Å²) in [5.41, 5.74) is 7.08. The predicted molar refractivity (Wildman–Crippen MR) is 82.8 cm³/mol. The summed E-state index contributed by atoms with van der Waals surface area (Å²) in [6.45, 7) is 7.96. The van der Waals surface area contributed by atoms with Crippen LogP contribution in [0.4, 0.5) is 0 Å². The minimum absolute atomic E-state index is 0.0538. The summed E-state index contributed by atoms with van der Waals surface area (Å²) < 4.78 is 5.24. The highest BCUT2D eigenvalue weighted by Gasteiger charge is 2.24. The number of aromatic nitrogens is 1. The molecule has 2 aromatic rings. The summed E-state index contributed by atoms with van der Waals surface area (Å²) in [6.07, 6.45) is 0.255. The van der Waals surface area contributed by atoms with E-state index in [4.69, 9.17) is 10.3 Å². The summed E-state index contributed by atoms with van der Waals surface area (Å²) in [6, 6.07) is 7.59. The molecule has 114 valence electrons. The van der Waals surface area contributed by atoms with Gasteiger partial charge in [0.05, 0.1) is 6.42 Å². The molecule has 1 aromatic heterocycles. The van der Waals surface area contributed by atoms with Crippen LogP contribution in [0.3, 0.4) is 0 Å². The van der Waals surface area contributed by atoms with Crippen LogP contribution >= 0.6 is 0 Å². The topological polar surface area (TPSA) is 72.4 Å². The molecule has 0 atom stereocenters. The van der Waals surface area contributed by atoms with Crippen LogP contribution in [-0.2, 0) is 11.2 Å². The Morgan fingerprint density at radius 1 is 1.38 bits per heavy atom. The maximum absolute atomic E-state index is 12.5. The van der Waals surface area contributed by atoms with Crippen molar-refractivity contribution < 1.29 is 9.32 Å². The smallest absolute Gasteiger partial charge is 0.228 e. The molecular formula is C16H23N3O2. The quantitative estimate of drug-likeness (QED) is 0.885. The summed E-state index contributed by atoms with van der Waals surface area (Å²) in [5, 5.41) is 4.92. The van der Waals surface area contributed by atoms with E-state index in [1.807, 2.05) is 36.1 Å². The number of likely N-dealkylation sites (N-methyl/N-ethyl adjacent to an activating group) is 1. The molecule has 0 aliphatic carbocycles. The van der Waals surface area contributed by atoms with Crippen LogP contribution in [0.2, 0.25) is 0 Å². The molecule has 0 unspecified atom stereocenters. The number of carbonyl (C=O) groups excluding carboxylic acids is 1. The molecule has 0 aliphatic rings. The average molecular weight is 289 g/mol. The van der Waals surface area contributed by atoms with E-state index in [-0.39, 0.29) is 17.7 Å². The van der Waals surface area contributed by atoms with E-state index in [1.54, 1.807) is 0 Å². The fraction of sp³-hybridized carbons (Fsp3) is 0.500. The highest BCUT2D eigenvalue weighted by Crippen LogP contribution is 2.20. The van der Waals surface area contributed by atoms with E-state index < -0.39 is 0 Å². The first-order chi connectivity index (χ1) is 9.96. The van der Waals surface area contributed by atoms with Crippen LogP contribution < -0.4 is 5.73 Å². The maximum Gasteiger partial charge on any atom is 0.228 e. The number of amides is 1. The fourth-order valence-electron chi connectivity index (χ4n) is 2.28. The first-order valence-corrected chi connectivity index (χ1v) is 7.28. The van der Waals surface area contributed by atoms with E-state index in [9.17, 15) is 4.79 Å². The van der Waals surface area contributed by atoms with Gasteiger partial charge in [0.1, 0.15) is 5.69 Å². The standard InChI is InChI=1S/C16H23N3O2/c1-4-19(11-16(2,3)10-17)15(20)9-13-12-7-5-6-8-14(12)21-18-13/h5-8H,4,9-11,17H2,1-3H3. The van der Waals surface area contributed by atoms with E-state index in [1.165, 1.54) is 0 Å². The van der Waals surface area contributed by atoms with Crippen LogP contribution in [0.5, 0.6) is 0 Å². The minimum Gasteiger partial charge on any atom is -0.356 e. The van der Waals surface area contributed by atoms with Crippen molar-refractivity contribution >= 4 is 16.9 Å². The molecule has 0 radical (unpaired) electrons. The summed E-state index contributed by atoms with van der Waals surface area (Å²) >= 11 is 0. The van der Waals surface area contributed by atoms with Gasteiger partial charge in [-0.1, -0.05) is 31.1 Å². The number of hydrogen-bond acceptors (Lipinski definition) is 4. The van der Waals surface area contributed by atoms with Gasteiger partial charge in [0.25, 0.3) is 0 Å². The highest BCUT2D eigenvalue weighted by molar-refractivity contribution is 5.86. The Kier molecular flexibility index (Phi) is 4.63. The molecule has 0 saturated carbocycles. The van der Waals surface area contributed by atoms with Crippen LogP contribution in [0.1, 0.15) is 26.5 Å². The Hall–Kier alpha value is -1.88. The number of carbonyl (C=O) groups is 1. The highest BCUT2D eigenvalue weighted by atomic mass is 16.5. The van der Waals surface area contributed by atoms with Crippen molar-refractivity contribution in [2.45, 2.75) is 27.2 Å². The first-order valence-electron chi connectivity index (χ1n) is 7.28. The largest absolute Gasteiger partial charge is 0.356 e. The zero-order chi connectivity index (χ0) is 15.5. The third kappa shape index (κ3) is 3.61. The van der Waals surface area contributed by atoms with Crippen molar-refractivity contribution in [1.29, 1.82) is 0 Å². The van der Waals surface area contributed by atoms with Gasteiger partial charge in [0.15, 0.2) is 5.58 Å². The maximum atomic E-state index is 12.5. The number of para-hydroxylation sites is 1. The SMILES string of the molecule is CCN(CC(C)(C)CN)C(=O)Cc1noc2ccccc12. The number of rotatable bonds is 6.